The lowest BCUT2D eigenvalue weighted by molar-refractivity contribution is 1.62. The monoisotopic (exact) mass is 218 g/mol. The summed E-state index contributed by atoms with van der Waals surface area (Å²) in [6, 6.07) is 8.49. The first kappa shape index (κ1) is 5.88. The molecule has 41 valence electrons. The van der Waals surface area contributed by atoms with E-state index < -0.39 is 0 Å². The number of nitrogens with two attached hydrogens (primary N) is 1. The van der Waals surface area contributed by atoms with Gasteiger partial charge in [-0.1, -0.05) is 6.07 Å². The van der Waals surface area contributed by atoms with E-state index in [0.29, 0.717) is 0 Å². The van der Waals surface area contributed by atoms with Gasteiger partial charge in [0, 0.05) is 9.26 Å². The molecule has 0 amide bonds. The summed E-state index contributed by atoms with van der Waals surface area (Å²) in [5.41, 5.74) is 6.23. The van der Waals surface area contributed by atoms with Gasteiger partial charge in [0.15, 0.2) is 0 Å². The SMILES string of the molecule is Nc1cc[c]c(I)c1. The van der Waals surface area contributed by atoms with Crippen molar-refractivity contribution in [3.8, 4) is 0 Å². The van der Waals surface area contributed by atoms with E-state index in [-0.39, 0.29) is 0 Å². The van der Waals surface area contributed by atoms with Crippen LogP contribution in [0.1, 0.15) is 0 Å². The lowest BCUT2D eigenvalue weighted by Gasteiger charge is -1.88. The number of benzene rings is 1. The molecule has 0 aliphatic carbocycles. The molecular weight excluding hydrogens is 213 g/mol. The maximum Gasteiger partial charge on any atom is 0.0325 e. The summed E-state index contributed by atoms with van der Waals surface area (Å²) in [7, 11) is 0. The Hall–Kier alpha value is -0.250. The van der Waals surface area contributed by atoms with Crippen molar-refractivity contribution in [1.29, 1.82) is 0 Å². The van der Waals surface area contributed by atoms with Crippen molar-refractivity contribution >= 4 is 28.3 Å². The first-order valence-electron chi connectivity index (χ1n) is 2.22. The zero-order chi connectivity index (χ0) is 5.98. The van der Waals surface area contributed by atoms with E-state index in [0.717, 1.165) is 9.26 Å². The summed E-state index contributed by atoms with van der Waals surface area (Å²) in [6.45, 7) is 0. The lowest BCUT2D eigenvalue weighted by Crippen LogP contribution is -1.82. The average Bonchev–Trinajstić information content (AvgIpc) is 1.64. The molecule has 1 rings (SSSR count). The van der Waals surface area contributed by atoms with Gasteiger partial charge in [0.05, 0.1) is 0 Å². The van der Waals surface area contributed by atoms with Gasteiger partial charge >= 0.3 is 0 Å². The van der Waals surface area contributed by atoms with E-state index in [1.165, 1.54) is 0 Å². The Kier molecular flexibility index (Phi) is 1.73. The molecule has 0 aliphatic heterocycles. The van der Waals surface area contributed by atoms with Crippen LogP contribution >= 0.6 is 22.6 Å². The minimum absolute atomic E-state index is 0.799. The smallest absolute Gasteiger partial charge is 0.0325 e. The van der Waals surface area contributed by atoms with Crippen molar-refractivity contribution < 1.29 is 0 Å². The highest BCUT2D eigenvalue weighted by molar-refractivity contribution is 14.1. The van der Waals surface area contributed by atoms with E-state index in [4.69, 9.17) is 5.73 Å². The van der Waals surface area contributed by atoms with Crippen LogP contribution in [-0.4, -0.2) is 0 Å². The van der Waals surface area contributed by atoms with Crippen LogP contribution in [0.15, 0.2) is 18.2 Å². The molecule has 0 unspecified atom stereocenters. The number of anilines is 1. The fourth-order valence-corrected chi connectivity index (χ4v) is 0.993. The fourth-order valence-electron chi connectivity index (χ4n) is 0.454. The average molecular weight is 218 g/mol. The summed E-state index contributed by atoms with van der Waals surface area (Å²) < 4.78 is 1.06. The van der Waals surface area contributed by atoms with Crippen molar-refractivity contribution in [3.05, 3.63) is 27.8 Å². The maximum absolute atomic E-state index is 5.43. The van der Waals surface area contributed by atoms with E-state index in [1.807, 2.05) is 18.2 Å². The highest BCUT2D eigenvalue weighted by Crippen LogP contribution is 2.06. The minimum Gasteiger partial charge on any atom is -0.399 e. The molecule has 0 aliphatic rings. The third-order valence-electron chi connectivity index (χ3n) is 0.790. The van der Waals surface area contributed by atoms with Crippen LogP contribution in [0.3, 0.4) is 0 Å². The van der Waals surface area contributed by atoms with Crippen molar-refractivity contribution in [3.63, 3.8) is 0 Å². The van der Waals surface area contributed by atoms with Gasteiger partial charge in [-0.3, -0.25) is 0 Å². The molecule has 0 heterocycles. The molecule has 0 atom stereocenters. The predicted octanol–water partition coefficient (Wildman–Crippen LogP) is 1.67. The molecule has 0 spiro atoms. The molecule has 1 aromatic rings. The molecule has 1 nitrogen and oxygen atoms in total. The van der Waals surface area contributed by atoms with Gasteiger partial charge in [-0.2, -0.15) is 0 Å². The Bertz CT molecular complexity index is 168. The number of hydrogen-bond acceptors (Lipinski definition) is 1. The summed E-state index contributed by atoms with van der Waals surface area (Å²) in [5.74, 6) is 0. The standard InChI is InChI=1S/C6H5IN/c7-5-2-1-3-6(8)4-5/h1,3-4H,8H2. The van der Waals surface area contributed by atoms with E-state index in [1.54, 1.807) is 0 Å². The van der Waals surface area contributed by atoms with Gasteiger partial charge in [0.1, 0.15) is 0 Å². The van der Waals surface area contributed by atoms with Crippen LogP contribution < -0.4 is 5.73 Å². The molecule has 0 fully saturated rings. The van der Waals surface area contributed by atoms with Gasteiger partial charge in [0.25, 0.3) is 0 Å². The van der Waals surface area contributed by atoms with Crippen LogP contribution in [0.25, 0.3) is 0 Å². The molecule has 1 radical (unpaired) electrons. The van der Waals surface area contributed by atoms with E-state index in [2.05, 4.69) is 28.7 Å². The third kappa shape index (κ3) is 1.36. The van der Waals surface area contributed by atoms with E-state index in [9.17, 15) is 0 Å². The third-order valence-corrected chi connectivity index (χ3v) is 1.41. The Morgan fingerprint density at radius 3 is 2.75 bits per heavy atom. The summed E-state index contributed by atoms with van der Waals surface area (Å²) in [5, 5.41) is 0. The lowest BCUT2D eigenvalue weighted by atomic mass is 10.3. The highest BCUT2D eigenvalue weighted by Gasteiger charge is 1.83. The Balaban J connectivity index is 3.08. The van der Waals surface area contributed by atoms with Crippen LogP contribution in [0, 0.1) is 9.64 Å². The number of halogens is 1. The number of hydrogen-bond donors (Lipinski definition) is 1. The van der Waals surface area contributed by atoms with Gasteiger partial charge in [-0.25, -0.2) is 0 Å². The molecule has 2 heteroatoms. The molecule has 8 heavy (non-hydrogen) atoms. The van der Waals surface area contributed by atoms with Crippen LogP contribution in [0.2, 0.25) is 0 Å². The second-order valence-corrected chi connectivity index (χ2v) is 2.63. The van der Waals surface area contributed by atoms with Gasteiger partial charge in [-0.05, 0) is 40.8 Å². The topological polar surface area (TPSA) is 26.0 Å². The summed E-state index contributed by atoms with van der Waals surface area (Å²) >= 11 is 2.17. The van der Waals surface area contributed by atoms with Crippen LogP contribution in [0.4, 0.5) is 5.69 Å². The Morgan fingerprint density at radius 1 is 1.62 bits per heavy atom. The predicted molar refractivity (Wildman–Crippen MR) is 42.4 cm³/mol. The van der Waals surface area contributed by atoms with Crippen molar-refractivity contribution in [2.24, 2.45) is 0 Å². The fraction of sp³-hybridized carbons (Fsp3) is 0. The quantitative estimate of drug-likeness (QED) is 0.520. The molecule has 2 N–H and O–H groups in total. The summed E-state index contributed by atoms with van der Waals surface area (Å²) in [6.07, 6.45) is 0. The van der Waals surface area contributed by atoms with Crippen molar-refractivity contribution in [2.75, 3.05) is 5.73 Å². The Morgan fingerprint density at radius 2 is 2.38 bits per heavy atom. The number of nitrogen functional groups attached to an aromatic ring is 1. The van der Waals surface area contributed by atoms with Crippen LogP contribution in [-0.2, 0) is 0 Å². The second kappa shape index (κ2) is 2.35. The van der Waals surface area contributed by atoms with Gasteiger partial charge < -0.3 is 5.73 Å². The zero-order valence-electron chi connectivity index (χ0n) is 4.19. The first-order valence-corrected chi connectivity index (χ1v) is 3.29. The molecular formula is C6H5IN. The first-order chi connectivity index (χ1) is 3.79. The minimum atomic E-state index is 0.799. The molecule has 1 aromatic carbocycles. The highest BCUT2D eigenvalue weighted by atomic mass is 127. The normalized spacial score (nSPS) is 9.12. The van der Waals surface area contributed by atoms with Gasteiger partial charge in [0.2, 0.25) is 0 Å². The molecule has 0 bridgehead atoms. The molecule has 0 saturated heterocycles. The van der Waals surface area contributed by atoms with Gasteiger partial charge in [-0.15, -0.1) is 0 Å². The number of rotatable bonds is 0. The van der Waals surface area contributed by atoms with Crippen molar-refractivity contribution in [2.45, 2.75) is 0 Å². The Labute approximate surface area is 62.0 Å². The molecule has 0 saturated carbocycles. The van der Waals surface area contributed by atoms with Crippen molar-refractivity contribution in [1.82, 2.24) is 0 Å². The molecule has 0 aromatic heterocycles. The largest absolute Gasteiger partial charge is 0.399 e. The van der Waals surface area contributed by atoms with Crippen LogP contribution in [0.5, 0.6) is 0 Å². The zero-order valence-corrected chi connectivity index (χ0v) is 6.34. The summed E-state index contributed by atoms with van der Waals surface area (Å²) in [4.78, 5) is 0. The maximum atomic E-state index is 5.43. The van der Waals surface area contributed by atoms with E-state index >= 15 is 0 Å². The second-order valence-electron chi connectivity index (χ2n) is 1.47.